The highest BCUT2D eigenvalue weighted by Gasteiger charge is 2.20. The Hall–Kier alpha value is -0.960. The number of benzene rings is 1. The van der Waals surface area contributed by atoms with Crippen LogP contribution in [-0.4, -0.2) is 11.6 Å². The van der Waals surface area contributed by atoms with Gasteiger partial charge in [0.05, 0.1) is 5.84 Å². The Labute approximate surface area is 108 Å². The molecule has 0 spiro atoms. The zero-order valence-corrected chi connectivity index (χ0v) is 11.5. The molecule has 0 aromatic heterocycles. The van der Waals surface area contributed by atoms with E-state index in [0.717, 1.165) is 24.3 Å². The molecule has 0 aliphatic rings. The SMILES string of the molecule is CC(C)(CCCSCc1ccccc1)C(=N)N. The first-order valence-corrected chi connectivity index (χ1v) is 7.14. The summed E-state index contributed by atoms with van der Waals surface area (Å²) in [7, 11) is 0. The quantitative estimate of drug-likeness (QED) is 0.441. The first-order chi connectivity index (χ1) is 8.02. The zero-order valence-electron chi connectivity index (χ0n) is 10.7. The Balaban J connectivity index is 2.15. The van der Waals surface area contributed by atoms with Gasteiger partial charge in [-0.2, -0.15) is 11.8 Å². The van der Waals surface area contributed by atoms with Crippen LogP contribution in [0, 0.1) is 10.8 Å². The van der Waals surface area contributed by atoms with Crippen molar-refractivity contribution in [1.82, 2.24) is 0 Å². The van der Waals surface area contributed by atoms with Crippen molar-refractivity contribution in [3.05, 3.63) is 35.9 Å². The standard InChI is InChI=1S/C14H22N2S/c1-14(2,13(15)16)9-6-10-17-11-12-7-4-3-5-8-12/h3-5,7-8H,6,9-11H2,1-2H3,(H3,15,16). The second-order valence-electron chi connectivity index (χ2n) is 4.94. The van der Waals surface area contributed by atoms with Gasteiger partial charge in [0.25, 0.3) is 0 Å². The van der Waals surface area contributed by atoms with E-state index < -0.39 is 0 Å². The highest BCUT2D eigenvalue weighted by Crippen LogP contribution is 2.23. The lowest BCUT2D eigenvalue weighted by Crippen LogP contribution is -2.30. The monoisotopic (exact) mass is 250 g/mol. The molecule has 0 atom stereocenters. The van der Waals surface area contributed by atoms with Crippen LogP contribution in [0.15, 0.2) is 30.3 Å². The summed E-state index contributed by atoms with van der Waals surface area (Å²) in [6, 6.07) is 10.5. The predicted molar refractivity (Wildman–Crippen MR) is 77.5 cm³/mol. The fraction of sp³-hybridized carbons (Fsp3) is 0.500. The van der Waals surface area contributed by atoms with Crippen LogP contribution < -0.4 is 5.73 Å². The first kappa shape index (κ1) is 14.1. The van der Waals surface area contributed by atoms with Gasteiger partial charge in [0.2, 0.25) is 0 Å². The molecule has 0 heterocycles. The molecule has 0 saturated carbocycles. The molecule has 0 bridgehead atoms. The van der Waals surface area contributed by atoms with E-state index >= 15 is 0 Å². The van der Waals surface area contributed by atoms with Gasteiger partial charge in [0.15, 0.2) is 0 Å². The van der Waals surface area contributed by atoms with Gasteiger partial charge in [0.1, 0.15) is 0 Å². The van der Waals surface area contributed by atoms with Crippen molar-refractivity contribution >= 4 is 17.6 Å². The summed E-state index contributed by atoms with van der Waals surface area (Å²) in [4.78, 5) is 0. The van der Waals surface area contributed by atoms with Crippen molar-refractivity contribution in [1.29, 1.82) is 5.41 Å². The van der Waals surface area contributed by atoms with Crippen LogP contribution >= 0.6 is 11.8 Å². The topological polar surface area (TPSA) is 49.9 Å². The smallest absolute Gasteiger partial charge is 0.0963 e. The lowest BCUT2D eigenvalue weighted by atomic mass is 9.87. The third kappa shape index (κ3) is 5.26. The Kier molecular flexibility index (Phi) is 5.56. The maximum atomic E-state index is 7.48. The highest BCUT2D eigenvalue weighted by molar-refractivity contribution is 7.98. The minimum atomic E-state index is -0.146. The first-order valence-electron chi connectivity index (χ1n) is 5.98. The summed E-state index contributed by atoms with van der Waals surface area (Å²) < 4.78 is 0. The Morgan fingerprint density at radius 3 is 2.53 bits per heavy atom. The van der Waals surface area contributed by atoms with Crippen molar-refractivity contribution < 1.29 is 0 Å². The normalized spacial score (nSPS) is 11.4. The predicted octanol–water partition coefficient (Wildman–Crippen LogP) is 3.66. The maximum absolute atomic E-state index is 7.48. The average Bonchev–Trinajstić information content (AvgIpc) is 2.29. The van der Waals surface area contributed by atoms with Crippen LogP contribution in [0.3, 0.4) is 0 Å². The molecule has 1 aromatic carbocycles. The molecule has 94 valence electrons. The van der Waals surface area contributed by atoms with Gasteiger partial charge >= 0.3 is 0 Å². The van der Waals surface area contributed by atoms with Gasteiger partial charge in [-0.3, -0.25) is 5.41 Å². The molecule has 0 saturated heterocycles. The summed E-state index contributed by atoms with van der Waals surface area (Å²) >= 11 is 1.95. The van der Waals surface area contributed by atoms with Gasteiger partial charge in [-0.1, -0.05) is 44.2 Å². The fourth-order valence-electron chi connectivity index (χ4n) is 1.52. The minimum Gasteiger partial charge on any atom is -0.387 e. The minimum absolute atomic E-state index is 0.146. The summed E-state index contributed by atoms with van der Waals surface area (Å²) in [6.07, 6.45) is 2.11. The summed E-state index contributed by atoms with van der Waals surface area (Å²) in [5.74, 6) is 2.50. The molecule has 1 aromatic rings. The van der Waals surface area contributed by atoms with Gasteiger partial charge in [-0.25, -0.2) is 0 Å². The molecule has 0 radical (unpaired) electrons. The van der Waals surface area contributed by atoms with Crippen LogP contribution in [0.2, 0.25) is 0 Å². The lowest BCUT2D eigenvalue weighted by molar-refractivity contribution is 0.464. The fourth-order valence-corrected chi connectivity index (χ4v) is 2.44. The van der Waals surface area contributed by atoms with E-state index in [0.29, 0.717) is 5.84 Å². The number of hydrogen-bond acceptors (Lipinski definition) is 2. The third-order valence-electron chi connectivity index (χ3n) is 2.93. The largest absolute Gasteiger partial charge is 0.387 e. The van der Waals surface area contributed by atoms with Crippen molar-refractivity contribution in [2.75, 3.05) is 5.75 Å². The maximum Gasteiger partial charge on any atom is 0.0963 e. The number of nitrogens with one attached hydrogen (secondary N) is 1. The van der Waals surface area contributed by atoms with E-state index in [9.17, 15) is 0 Å². The molecule has 0 aliphatic carbocycles. The highest BCUT2D eigenvalue weighted by atomic mass is 32.2. The van der Waals surface area contributed by atoms with E-state index in [2.05, 4.69) is 24.3 Å². The van der Waals surface area contributed by atoms with E-state index in [-0.39, 0.29) is 5.41 Å². The molecule has 0 fully saturated rings. The molecule has 1 rings (SSSR count). The van der Waals surface area contributed by atoms with E-state index in [4.69, 9.17) is 11.1 Å². The van der Waals surface area contributed by atoms with Gasteiger partial charge < -0.3 is 5.73 Å². The number of rotatable bonds is 7. The molecular weight excluding hydrogens is 228 g/mol. The van der Waals surface area contributed by atoms with Crippen LogP contribution in [-0.2, 0) is 5.75 Å². The van der Waals surface area contributed by atoms with Crippen molar-refractivity contribution in [3.8, 4) is 0 Å². The average molecular weight is 250 g/mol. The lowest BCUT2D eigenvalue weighted by Gasteiger charge is -2.22. The zero-order chi connectivity index (χ0) is 12.7. The number of nitrogens with two attached hydrogens (primary N) is 1. The Morgan fingerprint density at radius 1 is 1.29 bits per heavy atom. The van der Waals surface area contributed by atoms with Gasteiger partial charge in [-0.15, -0.1) is 0 Å². The van der Waals surface area contributed by atoms with Gasteiger partial charge in [0, 0.05) is 11.2 Å². The second-order valence-corrected chi connectivity index (χ2v) is 6.04. The number of thioether (sulfide) groups is 1. The molecule has 0 unspecified atom stereocenters. The van der Waals surface area contributed by atoms with Crippen molar-refractivity contribution in [2.45, 2.75) is 32.4 Å². The molecular formula is C14H22N2S. The van der Waals surface area contributed by atoms with Crippen LogP contribution in [0.5, 0.6) is 0 Å². The molecule has 0 aliphatic heterocycles. The van der Waals surface area contributed by atoms with Gasteiger partial charge in [-0.05, 0) is 24.2 Å². The van der Waals surface area contributed by atoms with E-state index in [1.807, 2.05) is 31.7 Å². The Bertz CT molecular complexity index is 346. The summed E-state index contributed by atoms with van der Waals surface area (Å²) in [6.45, 7) is 4.08. The molecule has 3 N–H and O–H groups in total. The molecule has 17 heavy (non-hydrogen) atoms. The van der Waals surface area contributed by atoms with Crippen LogP contribution in [0.1, 0.15) is 32.3 Å². The molecule has 2 nitrogen and oxygen atoms in total. The van der Waals surface area contributed by atoms with Crippen LogP contribution in [0.4, 0.5) is 0 Å². The molecule has 3 heteroatoms. The van der Waals surface area contributed by atoms with E-state index in [1.165, 1.54) is 5.56 Å². The second kappa shape index (κ2) is 6.70. The summed E-state index contributed by atoms with van der Waals surface area (Å²) in [5, 5.41) is 7.48. The van der Waals surface area contributed by atoms with Crippen molar-refractivity contribution in [2.24, 2.45) is 11.1 Å². The third-order valence-corrected chi connectivity index (χ3v) is 4.05. The van der Waals surface area contributed by atoms with Crippen molar-refractivity contribution in [3.63, 3.8) is 0 Å². The van der Waals surface area contributed by atoms with E-state index in [1.54, 1.807) is 0 Å². The molecule has 0 amide bonds. The number of amidine groups is 1. The number of hydrogen-bond donors (Lipinski definition) is 2. The Morgan fingerprint density at radius 2 is 1.94 bits per heavy atom. The summed E-state index contributed by atoms with van der Waals surface area (Å²) in [5.41, 5.74) is 6.79. The van der Waals surface area contributed by atoms with Crippen LogP contribution in [0.25, 0.3) is 0 Å².